The molecule has 0 radical (unpaired) electrons. The second-order valence-electron chi connectivity index (χ2n) is 4.74. The lowest BCUT2D eigenvalue weighted by atomic mass is 10.3. The van der Waals surface area contributed by atoms with Crippen LogP contribution in [0.4, 0.5) is 5.82 Å². The number of thiophene rings is 1. The van der Waals surface area contributed by atoms with Gasteiger partial charge in [0.25, 0.3) is 0 Å². The second-order valence-corrected chi connectivity index (χ2v) is 5.63. The van der Waals surface area contributed by atoms with E-state index in [0.29, 0.717) is 0 Å². The lowest BCUT2D eigenvalue weighted by molar-refractivity contribution is 0.971. The number of fused-ring (bicyclic) bond motifs is 2. The van der Waals surface area contributed by atoms with Gasteiger partial charge in [-0.1, -0.05) is 6.07 Å². The summed E-state index contributed by atoms with van der Waals surface area (Å²) in [6.45, 7) is 0.797. The molecule has 0 aromatic carbocycles. The van der Waals surface area contributed by atoms with Crippen LogP contribution in [0.15, 0.2) is 48.4 Å². The highest BCUT2D eigenvalue weighted by Gasteiger charge is 2.05. The molecule has 4 rings (SSSR count). The summed E-state index contributed by atoms with van der Waals surface area (Å²) < 4.78 is 2.04. The molecule has 0 aliphatic heterocycles. The SMILES string of the molecule is c1ccn2cc(CCNc3ncnc4sccc34)nc2c1. The fraction of sp³-hybridized carbons (Fsp3) is 0.133. The smallest absolute Gasteiger partial charge is 0.138 e. The number of imidazole rings is 1. The highest BCUT2D eigenvalue weighted by atomic mass is 32.1. The van der Waals surface area contributed by atoms with E-state index in [4.69, 9.17) is 0 Å². The molecule has 104 valence electrons. The van der Waals surface area contributed by atoms with Crippen LogP contribution in [0, 0.1) is 0 Å². The molecule has 6 heteroatoms. The summed E-state index contributed by atoms with van der Waals surface area (Å²) in [6, 6.07) is 8.06. The van der Waals surface area contributed by atoms with Gasteiger partial charge in [0, 0.05) is 25.4 Å². The predicted octanol–water partition coefficient (Wildman–Crippen LogP) is 2.99. The predicted molar refractivity (Wildman–Crippen MR) is 84.8 cm³/mol. The molecule has 4 aromatic heterocycles. The maximum Gasteiger partial charge on any atom is 0.138 e. The average Bonchev–Trinajstić information content (AvgIpc) is 3.13. The highest BCUT2D eigenvalue weighted by molar-refractivity contribution is 7.16. The van der Waals surface area contributed by atoms with Crippen molar-refractivity contribution in [3.8, 4) is 0 Å². The Kier molecular flexibility index (Phi) is 3.01. The zero-order chi connectivity index (χ0) is 14.1. The average molecular weight is 295 g/mol. The van der Waals surface area contributed by atoms with E-state index in [1.165, 1.54) is 0 Å². The quantitative estimate of drug-likeness (QED) is 0.629. The highest BCUT2D eigenvalue weighted by Crippen LogP contribution is 2.23. The van der Waals surface area contributed by atoms with Crippen molar-refractivity contribution in [1.82, 2.24) is 19.4 Å². The van der Waals surface area contributed by atoms with Gasteiger partial charge in [0.1, 0.15) is 22.6 Å². The van der Waals surface area contributed by atoms with Gasteiger partial charge in [-0.25, -0.2) is 15.0 Å². The van der Waals surface area contributed by atoms with E-state index < -0.39 is 0 Å². The lowest BCUT2D eigenvalue weighted by Crippen LogP contribution is -2.06. The van der Waals surface area contributed by atoms with Crippen LogP contribution < -0.4 is 5.32 Å². The van der Waals surface area contributed by atoms with Gasteiger partial charge >= 0.3 is 0 Å². The Morgan fingerprint density at radius 2 is 2.19 bits per heavy atom. The Hall–Kier alpha value is -2.47. The summed E-state index contributed by atoms with van der Waals surface area (Å²) in [5.41, 5.74) is 2.05. The number of anilines is 1. The van der Waals surface area contributed by atoms with E-state index in [2.05, 4.69) is 26.5 Å². The number of nitrogens with zero attached hydrogens (tertiary/aromatic N) is 4. The molecule has 4 heterocycles. The fourth-order valence-corrected chi connectivity index (χ4v) is 3.08. The van der Waals surface area contributed by atoms with Crippen molar-refractivity contribution in [2.24, 2.45) is 0 Å². The Labute approximate surface area is 125 Å². The van der Waals surface area contributed by atoms with Crippen LogP contribution in [0.3, 0.4) is 0 Å². The fourth-order valence-electron chi connectivity index (χ4n) is 2.35. The van der Waals surface area contributed by atoms with Crippen molar-refractivity contribution in [3.05, 3.63) is 54.1 Å². The minimum Gasteiger partial charge on any atom is -0.369 e. The summed E-state index contributed by atoms with van der Waals surface area (Å²) in [4.78, 5) is 14.2. The van der Waals surface area contributed by atoms with Gasteiger partial charge in [0.15, 0.2) is 0 Å². The molecule has 0 unspecified atom stereocenters. The Morgan fingerprint density at radius 3 is 3.14 bits per heavy atom. The molecule has 0 fully saturated rings. The molecule has 0 amide bonds. The van der Waals surface area contributed by atoms with Crippen LogP contribution in [0.5, 0.6) is 0 Å². The van der Waals surface area contributed by atoms with Crippen molar-refractivity contribution in [1.29, 1.82) is 0 Å². The van der Waals surface area contributed by atoms with E-state index >= 15 is 0 Å². The molecule has 0 bridgehead atoms. The monoisotopic (exact) mass is 295 g/mol. The van der Waals surface area contributed by atoms with Crippen molar-refractivity contribution >= 4 is 33.0 Å². The third kappa shape index (κ3) is 2.34. The van der Waals surface area contributed by atoms with Crippen molar-refractivity contribution in [2.45, 2.75) is 6.42 Å². The maximum absolute atomic E-state index is 4.59. The number of hydrogen-bond donors (Lipinski definition) is 1. The van der Waals surface area contributed by atoms with Gasteiger partial charge in [-0.15, -0.1) is 11.3 Å². The van der Waals surface area contributed by atoms with Crippen LogP contribution in [-0.4, -0.2) is 25.9 Å². The lowest BCUT2D eigenvalue weighted by Gasteiger charge is -2.04. The largest absolute Gasteiger partial charge is 0.369 e. The molecule has 0 spiro atoms. The first-order chi connectivity index (χ1) is 10.4. The normalized spacial score (nSPS) is 11.2. The molecule has 0 saturated carbocycles. The summed E-state index contributed by atoms with van der Waals surface area (Å²) in [6.07, 6.45) is 6.54. The zero-order valence-electron chi connectivity index (χ0n) is 11.2. The third-order valence-electron chi connectivity index (χ3n) is 3.35. The van der Waals surface area contributed by atoms with E-state index in [1.807, 2.05) is 40.2 Å². The van der Waals surface area contributed by atoms with Crippen LogP contribution in [0.2, 0.25) is 0 Å². The summed E-state index contributed by atoms with van der Waals surface area (Å²) in [5, 5.41) is 6.49. The number of aromatic nitrogens is 4. The van der Waals surface area contributed by atoms with Crippen LogP contribution in [0.25, 0.3) is 15.9 Å². The van der Waals surface area contributed by atoms with Crippen LogP contribution in [-0.2, 0) is 6.42 Å². The van der Waals surface area contributed by atoms with Gasteiger partial charge in [0.2, 0.25) is 0 Å². The van der Waals surface area contributed by atoms with E-state index in [1.54, 1.807) is 17.7 Å². The van der Waals surface area contributed by atoms with E-state index in [0.717, 1.165) is 40.3 Å². The topological polar surface area (TPSA) is 55.1 Å². The van der Waals surface area contributed by atoms with E-state index in [-0.39, 0.29) is 0 Å². The first-order valence-corrected chi connectivity index (χ1v) is 7.63. The molecule has 0 atom stereocenters. The minimum absolute atomic E-state index is 0.797. The van der Waals surface area contributed by atoms with Gasteiger partial charge in [0.05, 0.1) is 11.1 Å². The molecule has 0 aliphatic rings. The van der Waals surface area contributed by atoms with Crippen LogP contribution >= 0.6 is 11.3 Å². The summed E-state index contributed by atoms with van der Waals surface area (Å²) >= 11 is 1.63. The van der Waals surface area contributed by atoms with Gasteiger partial charge in [-0.05, 0) is 23.6 Å². The number of pyridine rings is 1. The molecule has 21 heavy (non-hydrogen) atoms. The third-order valence-corrected chi connectivity index (χ3v) is 4.17. The van der Waals surface area contributed by atoms with Gasteiger partial charge in [-0.3, -0.25) is 0 Å². The standard InChI is InChI=1S/C15H13N5S/c1-2-7-20-9-11(19-13(20)3-1)4-6-16-14-12-5-8-21-15(12)18-10-17-14/h1-3,5,7-10H,4,6H2,(H,16,17,18). The van der Waals surface area contributed by atoms with Crippen molar-refractivity contribution in [2.75, 3.05) is 11.9 Å². The first-order valence-electron chi connectivity index (χ1n) is 6.75. The molecule has 1 N–H and O–H groups in total. The Balaban J connectivity index is 1.48. The zero-order valence-corrected chi connectivity index (χ0v) is 12.0. The number of nitrogens with one attached hydrogen (secondary N) is 1. The molecule has 5 nitrogen and oxygen atoms in total. The maximum atomic E-state index is 4.59. The Morgan fingerprint density at radius 1 is 1.19 bits per heavy atom. The molecule has 0 saturated heterocycles. The second kappa shape index (κ2) is 5.14. The molecular formula is C15H13N5S. The van der Waals surface area contributed by atoms with Crippen molar-refractivity contribution in [3.63, 3.8) is 0 Å². The van der Waals surface area contributed by atoms with Crippen LogP contribution in [0.1, 0.15) is 5.69 Å². The Bertz CT molecular complexity index is 862. The van der Waals surface area contributed by atoms with E-state index in [9.17, 15) is 0 Å². The number of hydrogen-bond acceptors (Lipinski definition) is 5. The first kappa shape index (κ1) is 12.3. The summed E-state index contributed by atoms with van der Waals surface area (Å²) in [5.74, 6) is 0.894. The van der Waals surface area contributed by atoms with Gasteiger partial charge in [-0.2, -0.15) is 0 Å². The molecule has 4 aromatic rings. The summed E-state index contributed by atoms with van der Waals surface area (Å²) in [7, 11) is 0. The number of rotatable bonds is 4. The van der Waals surface area contributed by atoms with Gasteiger partial charge < -0.3 is 9.72 Å². The van der Waals surface area contributed by atoms with Crippen molar-refractivity contribution < 1.29 is 0 Å². The minimum atomic E-state index is 0.797. The molecular weight excluding hydrogens is 282 g/mol. The molecule has 0 aliphatic carbocycles.